The Morgan fingerprint density at radius 2 is 2.03 bits per heavy atom. The second-order valence-corrected chi connectivity index (χ2v) is 11.1. The second-order valence-electron chi connectivity index (χ2n) is 11.1. The molecule has 2 aliphatic rings. The van der Waals surface area contributed by atoms with E-state index in [0.717, 1.165) is 48.6 Å². The summed E-state index contributed by atoms with van der Waals surface area (Å²) < 4.78 is 16.5. The number of nitrogens with zero attached hydrogens (tertiary/aromatic N) is 4. The summed E-state index contributed by atoms with van der Waals surface area (Å²) in [6, 6.07) is 10.1. The zero-order valence-corrected chi connectivity index (χ0v) is 21.4. The number of anilines is 1. The molecule has 1 amide bonds. The smallest absolute Gasteiger partial charge is 0.274 e. The number of nitrogens with one attached hydrogen (secondary N) is 3. The van der Waals surface area contributed by atoms with Crippen molar-refractivity contribution in [3.63, 3.8) is 0 Å². The van der Waals surface area contributed by atoms with Crippen molar-refractivity contribution < 1.29 is 9.18 Å². The van der Waals surface area contributed by atoms with Crippen LogP contribution in [-0.4, -0.2) is 36.7 Å². The number of carbonyl (C=O) groups is 1. The number of hydrogen-bond donors (Lipinski definition) is 3. The van der Waals surface area contributed by atoms with Crippen LogP contribution < -0.4 is 10.6 Å². The third-order valence-electron chi connectivity index (χ3n) is 8.06. The molecule has 6 rings (SSSR count). The molecule has 2 saturated carbocycles. The summed E-state index contributed by atoms with van der Waals surface area (Å²) in [5.41, 5.74) is 3.37. The number of benzene rings is 1. The molecule has 9 heteroatoms. The van der Waals surface area contributed by atoms with Gasteiger partial charge in [0.2, 0.25) is 0 Å². The van der Waals surface area contributed by atoms with Crippen molar-refractivity contribution in [2.24, 2.45) is 18.9 Å². The van der Waals surface area contributed by atoms with Gasteiger partial charge in [-0.05, 0) is 66.8 Å². The van der Waals surface area contributed by atoms with E-state index in [4.69, 9.17) is 0 Å². The zero-order chi connectivity index (χ0) is 25.7. The minimum Gasteiger partial charge on any atom is -0.357 e. The third kappa shape index (κ3) is 4.21. The average Bonchev–Trinajstić information content (AvgIpc) is 3.44. The van der Waals surface area contributed by atoms with E-state index in [-0.39, 0.29) is 22.5 Å². The van der Waals surface area contributed by atoms with Crippen LogP contribution in [0.4, 0.5) is 10.1 Å². The highest BCUT2D eigenvalue weighted by Crippen LogP contribution is 2.51. The number of pyridine rings is 1. The fraction of sp³-hybridized carbons (Fsp3) is 0.429. The maximum Gasteiger partial charge on any atom is 0.274 e. The molecule has 8 nitrogen and oxygen atoms in total. The number of amides is 1. The minimum atomic E-state index is -0.463. The molecule has 1 aromatic carbocycles. The highest BCUT2D eigenvalue weighted by molar-refractivity contribution is 6.04. The highest BCUT2D eigenvalue weighted by atomic mass is 19.1. The summed E-state index contributed by atoms with van der Waals surface area (Å²) in [5, 5.41) is 15.0. The van der Waals surface area contributed by atoms with Gasteiger partial charge in [0, 0.05) is 31.5 Å². The molecule has 0 aliphatic heterocycles. The predicted octanol–water partition coefficient (Wildman–Crippen LogP) is 4.69. The molecule has 3 N–H and O–H groups in total. The van der Waals surface area contributed by atoms with Gasteiger partial charge in [0.15, 0.2) is 5.82 Å². The van der Waals surface area contributed by atoms with Crippen LogP contribution >= 0.6 is 0 Å². The molecule has 2 aliphatic carbocycles. The first-order valence-electron chi connectivity index (χ1n) is 13.0. The van der Waals surface area contributed by atoms with Crippen LogP contribution in [0.15, 0.2) is 42.9 Å². The van der Waals surface area contributed by atoms with Crippen LogP contribution in [0.1, 0.15) is 67.0 Å². The molecule has 3 aromatic heterocycles. The Labute approximate surface area is 215 Å². The standard InChI is InChI=1S/C28H32FN7O/c1-16-7-21(8-16)30-13-18-9-23(34-25-22(29)14-31-24(18)25)26(37)33-20-6-4-5-19(10-20)28(11-17(2)12-28)27-35-32-15-36(27)3/h4-6,9-10,14-17,21,30-31H,7-8,11-13H2,1-3H3,(H,33,37). The highest BCUT2D eigenvalue weighted by Gasteiger charge is 2.48. The number of rotatable bonds is 7. The van der Waals surface area contributed by atoms with Gasteiger partial charge in [0.25, 0.3) is 5.91 Å². The van der Waals surface area contributed by atoms with E-state index >= 15 is 0 Å². The van der Waals surface area contributed by atoms with Gasteiger partial charge in [-0.25, -0.2) is 9.37 Å². The van der Waals surface area contributed by atoms with Crippen LogP contribution in [0.3, 0.4) is 0 Å². The van der Waals surface area contributed by atoms with Crippen molar-refractivity contribution in [2.75, 3.05) is 5.32 Å². The second kappa shape index (κ2) is 9.06. The molecule has 0 bridgehead atoms. The van der Waals surface area contributed by atoms with Crippen LogP contribution in [0, 0.1) is 17.7 Å². The lowest BCUT2D eigenvalue weighted by Gasteiger charge is -2.46. The number of fused-ring (bicyclic) bond motifs is 1. The van der Waals surface area contributed by atoms with Gasteiger partial charge < -0.3 is 20.2 Å². The predicted molar refractivity (Wildman–Crippen MR) is 140 cm³/mol. The number of hydrogen-bond acceptors (Lipinski definition) is 5. The van der Waals surface area contributed by atoms with Gasteiger partial charge in [0.1, 0.15) is 23.4 Å². The average molecular weight is 502 g/mol. The summed E-state index contributed by atoms with van der Waals surface area (Å²) in [5.74, 6) is 1.41. The number of halogens is 1. The molecule has 0 unspecified atom stereocenters. The lowest BCUT2D eigenvalue weighted by molar-refractivity contribution is 0.102. The fourth-order valence-corrected chi connectivity index (χ4v) is 6.20. The summed E-state index contributed by atoms with van der Waals surface area (Å²) in [7, 11) is 1.96. The Balaban J connectivity index is 1.26. The number of aromatic nitrogens is 5. The minimum absolute atomic E-state index is 0.185. The van der Waals surface area contributed by atoms with Crippen molar-refractivity contribution >= 4 is 22.6 Å². The Hall–Kier alpha value is -3.59. The Bertz CT molecular complexity index is 1460. The largest absolute Gasteiger partial charge is 0.357 e. The summed E-state index contributed by atoms with van der Waals surface area (Å²) >= 11 is 0. The molecule has 192 valence electrons. The number of aromatic amines is 1. The monoisotopic (exact) mass is 501 g/mol. The lowest BCUT2D eigenvalue weighted by Crippen LogP contribution is -2.43. The van der Waals surface area contributed by atoms with Crippen molar-refractivity contribution in [1.29, 1.82) is 0 Å². The van der Waals surface area contributed by atoms with Crippen molar-refractivity contribution in [3.05, 3.63) is 71.3 Å². The third-order valence-corrected chi connectivity index (χ3v) is 8.06. The molecule has 0 saturated heterocycles. The first kappa shape index (κ1) is 23.8. The Kier molecular flexibility index (Phi) is 5.82. The lowest BCUT2D eigenvalue weighted by atomic mass is 9.58. The molecule has 2 fully saturated rings. The summed E-state index contributed by atoms with van der Waals surface area (Å²) in [6.45, 7) is 5.02. The maximum absolute atomic E-state index is 14.5. The van der Waals surface area contributed by atoms with Gasteiger partial charge in [-0.15, -0.1) is 10.2 Å². The normalized spacial score (nSPS) is 25.0. The summed E-state index contributed by atoms with van der Waals surface area (Å²) in [6.07, 6.45) is 7.22. The van der Waals surface area contributed by atoms with Crippen LogP contribution in [0.25, 0.3) is 11.0 Å². The number of H-pyrrole nitrogens is 1. The topological polar surface area (TPSA) is 101 Å². The Morgan fingerprint density at radius 1 is 1.22 bits per heavy atom. The molecule has 4 aromatic rings. The van der Waals surface area contributed by atoms with E-state index in [2.05, 4.69) is 50.7 Å². The van der Waals surface area contributed by atoms with E-state index < -0.39 is 5.82 Å². The van der Waals surface area contributed by atoms with Gasteiger partial charge in [-0.1, -0.05) is 26.0 Å². The van der Waals surface area contributed by atoms with Gasteiger partial charge in [-0.3, -0.25) is 4.79 Å². The zero-order valence-electron chi connectivity index (χ0n) is 21.4. The first-order chi connectivity index (χ1) is 17.8. The van der Waals surface area contributed by atoms with E-state index in [1.807, 2.05) is 29.8 Å². The van der Waals surface area contributed by atoms with Crippen molar-refractivity contribution in [2.45, 2.75) is 57.5 Å². The van der Waals surface area contributed by atoms with E-state index in [1.54, 1.807) is 12.4 Å². The molecule has 0 radical (unpaired) electrons. The van der Waals surface area contributed by atoms with Crippen molar-refractivity contribution in [1.82, 2.24) is 30.0 Å². The van der Waals surface area contributed by atoms with Gasteiger partial charge in [0.05, 0.1) is 10.9 Å². The van der Waals surface area contributed by atoms with E-state index in [1.165, 1.54) is 6.20 Å². The molecule has 0 spiro atoms. The van der Waals surface area contributed by atoms with E-state index in [0.29, 0.717) is 29.7 Å². The molecule has 3 heterocycles. The summed E-state index contributed by atoms with van der Waals surface area (Å²) in [4.78, 5) is 20.7. The number of carbonyl (C=O) groups excluding carboxylic acids is 1. The van der Waals surface area contributed by atoms with Gasteiger partial charge >= 0.3 is 0 Å². The van der Waals surface area contributed by atoms with E-state index in [9.17, 15) is 9.18 Å². The molecular formula is C28H32FN7O. The number of aryl methyl sites for hydroxylation is 1. The maximum atomic E-state index is 14.5. The first-order valence-corrected chi connectivity index (χ1v) is 13.0. The molecule has 37 heavy (non-hydrogen) atoms. The molecule has 0 atom stereocenters. The molecular weight excluding hydrogens is 469 g/mol. The van der Waals surface area contributed by atoms with Gasteiger partial charge in [-0.2, -0.15) is 0 Å². The van der Waals surface area contributed by atoms with Crippen LogP contribution in [-0.2, 0) is 19.0 Å². The van der Waals surface area contributed by atoms with Crippen LogP contribution in [0.5, 0.6) is 0 Å². The fourth-order valence-electron chi connectivity index (χ4n) is 6.20. The van der Waals surface area contributed by atoms with Crippen LogP contribution in [0.2, 0.25) is 0 Å². The quantitative estimate of drug-likeness (QED) is 0.341. The van der Waals surface area contributed by atoms with Crippen molar-refractivity contribution in [3.8, 4) is 0 Å². The Morgan fingerprint density at radius 3 is 2.73 bits per heavy atom. The SMILES string of the molecule is CC1CC(NCc2cc(C(=O)Nc3cccc(C4(c5nncn5C)CC(C)C4)c3)nc3c(F)c[nH]c23)C1.